The second kappa shape index (κ2) is 6.76. The molecule has 0 radical (unpaired) electrons. The summed E-state index contributed by atoms with van der Waals surface area (Å²) in [6.45, 7) is 3.83. The van der Waals surface area contributed by atoms with E-state index in [0.717, 1.165) is 10.7 Å². The quantitative estimate of drug-likeness (QED) is 0.833. The number of rotatable bonds is 6. The van der Waals surface area contributed by atoms with Crippen LogP contribution in [0.2, 0.25) is 0 Å². The van der Waals surface area contributed by atoms with E-state index in [2.05, 4.69) is 10.3 Å². The maximum atomic E-state index is 11.8. The maximum Gasteiger partial charge on any atom is 0.220 e. The first kappa shape index (κ1) is 14.9. The Bertz CT molecular complexity index is 590. The molecule has 106 valence electrons. The van der Waals surface area contributed by atoms with Crippen molar-refractivity contribution in [2.75, 3.05) is 0 Å². The minimum atomic E-state index is -0.121. The van der Waals surface area contributed by atoms with Gasteiger partial charge in [0.1, 0.15) is 0 Å². The summed E-state index contributed by atoms with van der Waals surface area (Å²) >= 11 is 2.97. The van der Waals surface area contributed by atoms with E-state index in [-0.39, 0.29) is 30.6 Å². The molecule has 2 aromatic heterocycles. The lowest BCUT2D eigenvalue weighted by molar-refractivity contribution is -0.121. The number of aryl methyl sites for hydroxylation is 1. The van der Waals surface area contributed by atoms with Crippen molar-refractivity contribution in [3.63, 3.8) is 0 Å². The first-order chi connectivity index (χ1) is 9.56. The highest BCUT2D eigenvalue weighted by molar-refractivity contribution is 7.12. The molecule has 1 N–H and O–H groups in total. The Hall–Kier alpha value is -1.53. The van der Waals surface area contributed by atoms with Crippen LogP contribution in [0.3, 0.4) is 0 Å². The zero-order chi connectivity index (χ0) is 14.5. The fourth-order valence-corrected chi connectivity index (χ4v) is 3.15. The molecule has 6 heteroatoms. The topological polar surface area (TPSA) is 59.1 Å². The molecule has 0 aliphatic heterocycles. The van der Waals surface area contributed by atoms with Crippen molar-refractivity contribution in [2.24, 2.45) is 0 Å². The molecule has 0 fully saturated rings. The third-order valence-corrected chi connectivity index (χ3v) is 4.54. The highest BCUT2D eigenvalue weighted by atomic mass is 32.1. The van der Waals surface area contributed by atoms with Gasteiger partial charge in [0.15, 0.2) is 5.78 Å². The summed E-state index contributed by atoms with van der Waals surface area (Å²) < 4.78 is 0. The van der Waals surface area contributed by atoms with E-state index >= 15 is 0 Å². The molecular weight excluding hydrogens is 292 g/mol. The molecule has 4 nitrogen and oxygen atoms in total. The largest absolute Gasteiger partial charge is 0.348 e. The molecule has 0 saturated heterocycles. The Balaban J connectivity index is 1.79. The first-order valence-electron chi connectivity index (χ1n) is 6.34. The number of nitrogens with zero attached hydrogens (tertiary/aromatic N) is 1. The minimum absolute atomic E-state index is 0.0207. The molecule has 0 aromatic carbocycles. The number of ketones is 1. The zero-order valence-electron chi connectivity index (χ0n) is 11.4. The van der Waals surface area contributed by atoms with E-state index in [4.69, 9.17) is 0 Å². The Morgan fingerprint density at radius 3 is 2.75 bits per heavy atom. The van der Waals surface area contributed by atoms with Gasteiger partial charge < -0.3 is 5.32 Å². The molecule has 2 rings (SSSR count). The van der Waals surface area contributed by atoms with E-state index in [1.54, 1.807) is 17.4 Å². The van der Waals surface area contributed by atoms with Crippen LogP contribution in [0.1, 0.15) is 46.2 Å². The van der Waals surface area contributed by atoms with Crippen molar-refractivity contribution in [1.82, 2.24) is 10.3 Å². The van der Waals surface area contributed by atoms with Crippen LogP contribution < -0.4 is 5.32 Å². The number of amides is 1. The predicted molar refractivity (Wildman–Crippen MR) is 81.3 cm³/mol. The summed E-state index contributed by atoms with van der Waals surface area (Å²) in [6.07, 6.45) is 0.458. The minimum Gasteiger partial charge on any atom is -0.348 e. The van der Waals surface area contributed by atoms with Gasteiger partial charge in [0.05, 0.1) is 21.6 Å². The molecule has 20 heavy (non-hydrogen) atoms. The number of aromatic nitrogens is 1. The number of thiazole rings is 1. The third kappa shape index (κ3) is 3.98. The maximum absolute atomic E-state index is 11.8. The Morgan fingerprint density at radius 1 is 1.35 bits per heavy atom. The SMILES string of the molecule is Cc1nc(C(C)NC(=O)CCC(=O)c2cccs2)cs1. The summed E-state index contributed by atoms with van der Waals surface area (Å²) in [5.74, 6) is -0.0969. The Kier molecular flexibility index (Phi) is 5.03. The van der Waals surface area contributed by atoms with Crippen molar-refractivity contribution in [1.29, 1.82) is 0 Å². The average molecular weight is 308 g/mol. The van der Waals surface area contributed by atoms with E-state index in [0.29, 0.717) is 4.88 Å². The van der Waals surface area contributed by atoms with Gasteiger partial charge in [-0.3, -0.25) is 9.59 Å². The summed E-state index contributed by atoms with van der Waals surface area (Å²) in [7, 11) is 0. The molecule has 2 aromatic rings. The van der Waals surface area contributed by atoms with Crippen molar-refractivity contribution < 1.29 is 9.59 Å². The van der Waals surface area contributed by atoms with Gasteiger partial charge in [0, 0.05) is 18.2 Å². The lowest BCUT2D eigenvalue weighted by Crippen LogP contribution is -2.27. The number of nitrogens with one attached hydrogen (secondary N) is 1. The van der Waals surface area contributed by atoms with Gasteiger partial charge >= 0.3 is 0 Å². The molecule has 1 amide bonds. The molecule has 2 heterocycles. The number of carbonyl (C=O) groups is 2. The lowest BCUT2D eigenvalue weighted by atomic mass is 10.1. The number of Topliss-reactive ketones (excluding diaryl/α,β-unsaturated/α-hetero) is 1. The molecular formula is C14H16N2O2S2. The van der Waals surface area contributed by atoms with Gasteiger partial charge in [0.25, 0.3) is 0 Å². The summed E-state index contributed by atoms with van der Waals surface area (Å²) in [4.78, 5) is 28.7. The smallest absolute Gasteiger partial charge is 0.220 e. The zero-order valence-corrected chi connectivity index (χ0v) is 13.0. The van der Waals surface area contributed by atoms with Crippen LogP contribution in [-0.2, 0) is 4.79 Å². The fourth-order valence-electron chi connectivity index (χ4n) is 1.75. The first-order valence-corrected chi connectivity index (χ1v) is 8.10. The molecule has 0 bridgehead atoms. The second-order valence-corrected chi connectivity index (χ2v) is 6.49. The van der Waals surface area contributed by atoms with Crippen LogP contribution in [0.15, 0.2) is 22.9 Å². The van der Waals surface area contributed by atoms with Crippen LogP contribution in [0, 0.1) is 6.92 Å². The standard InChI is InChI=1S/C14H16N2O2S2/c1-9(11-8-20-10(2)16-11)15-14(18)6-5-12(17)13-4-3-7-19-13/h3-4,7-9H,5-6H2,1-2H3,(H,15,18). The van der Waals surface area contributed by atoms with Crippen LogP contribution >= 0.6 is 22.7 Å². The van der Waals surface area contributed by atoms with Gasteiger partial charge in [-0.05, 0) is 25.3 Å². The summed E-state index contributed by atoms with van der Waals surface area (Å²) in [6, 6.07) is 3.50. The van der Waals surface area contributed by atoms with E-state index in [1.807, 2.05) is 30.7 Å². The normalized spacial score (nSPS) is 12.1. The van der Waals surface area contributed by atoms with Crippen molar-refractivity contribution in [3.05, 3.63) is 38.5 Å². The van der Waals surface area contributed by atoms with Crippen molar-refractivity contribution >= 4 is 34.4 Å². The number of carbonyl (C=O) groups excluding carboxylic acids is 2. The van der Waals surface area contributed by atoms with Crippen LogP contribution in [0.25, 0.3) is 0 Å². The van der Waals surface area contributed by atoms with Crippen molar-refractivity contribution in [3.8, 4) is 0 Å². The van der Waals surface area contributed by atoms with Gasteiger partial charge in [0.2, 0.25) is 5.91 Å². The summed E-state index contributed by atoms with van der Waals surface area (Å²) in [5, 5.41) is 7.65. The molecule has 0 saturated carbocycles. The molecule has 0 spiro atoms. The Morgan fingerprint density at radius 2 is 2.15 bits per heavy atom. The highest BCUT2D eigenvalue weighted by Crippen LogP contribution is 2.16. The van der Waals surface area contributed by atoms with E-state index < -0.39 is 0 Å². The predicted octanol–water partition coefficient (Wildman–Crippen LogP) is 3.35. The van der Waals surface area contributed by atoms with Crippen LogP contribution in [-0.4, -0.2) is 16.7 Å². The molecule has 0 aliphatic rings. The van der Waals surface area contributed by atoms with Gasteiger partial charge in [-0.15, -0.1) is 22.7 Å². The number of hydrogen-bond donors (Lipinski definition) is 1. The highest BCUT2D eigenvalue weighted by Gasteiger charge is 2.14. The molecule has 1 atom stereocenters. The molecule has 1 unspecified atom stereocenters. The lowest BCUT2D eigenvalue weighted by Gasteiger charge is -2.11. The van der Waals surface area contributed by atoms with Gasteiger partial charge in [-0.1, -0.05) is 6.07 Å². The summed E-state index contributed by atoms with van der Waals surface area (Å²) in [5.41, 5.74) is 0.866. The van der Waals surface area contributed by atoms with Crippen LogP contribution in [0.5, 0.6) is 0 Å². The monoisotopic (exact) mass is 308 g/mol. The van der Waals surface area contributed by atoms with E-state index in [1.165, 1.54) is 11.3 Å². The third-order valence-electron chi connectivity index (χ3n) is 2.83. The second-order valence-electron chi connectivity index (χ2n) is 4.48. The van der Waals surface area contributed by atoms with Gasteiger partial charge in [-0.2, -0.15) is 0 Å². The number of hydrogen-bond acceptors (Lipinski definition) is 5. The van der Waals surface area contributed by atoms with Gasteiger partial charge in [-0.25, -0.2) is 4.98 Å². The fraction of sp³-hybridized carbons (Fsp3) is 0.357. The molecule has 0 aliphatic carbocycles. The Labute approximate surface area is 125 Å². The van der Waals surface area contributed by atoms with E-state index in [9.17, 15) is 9.59 Å². The van der Waals surface area contributed by atoms with Crippen LogP contribution in [0.4, 0.5) is 0 Å². The number of thiophene rings is 1. The average Bonchev–Trinajstić information content (AvgIpc) is 3.06. The van der Waals surface area contributed by atoms with Crippen molar-refractivity contribution in [2.45, 2.75) is 32.7 Å².